The second-order valence-corrected chi connectivity index (χ2v) is 7.09. The summed E-state index contributed by atoms with van der Waals surface area (Å²) in [6.45, 7) is 3.93. The fourth-order valence-electron chi connectivity index (χ4n) is 2.96. The number of ketones is 1. The number of ether oxygens (including phenoxy) is 2. The number of fused-ring (bicyclic) bond motifs is 1. The van der Waals surface area contributed by atoms with E-state index in [1.54, 1.807) is 31.2 Å². The standard InChI is InChI=1S/C23H21ClO6/c1-3-28-23(27)18(25)8-5-11-29-20-12-14(2)9-10-16(20)21-13-19(26)15-6-4-7-17(24)22(15)30-21/h4,6-7,9-10,12-13H,3,5,8,11H2,1-2H3. The van der Waals surface area contributed by atoms with E-state index in [-0.39, 0.29) is 25.1 Å². The second-order valence-electron chi connectivity index (χ2n) is 6.69. The average molecular weight is 429 g/mol. The minimum atomic E-state index is -0.830. The van der Waals surface area contributed by atoms with Gasteiger partial charge in [0, 0.05) is 12.5 Å². The number of esters is 1. The van der Waals surface area contributed by atoms with Crippen molar-refractivity contribution >= 4 is 34.3 Å². The van der Waals surface area contributed by atoms with E-state index in [2.05, 4.69) is 4.74 Å². The molecule has 1 heterocycles. The van der Waals surface area contributed by atoms with E-state index >= 15 is 0 Å². The molecule has 7 heteroatoms. The normalized spacial score (nSPS) is 10.8. The van der Waals surface area contributed by atoms with Crippen molar-refractivity contribution in [3.05, 3.63) is 63.3 Å². The minimum Gasteiger partial charge on any atom is -0.493 e. The molecule has 3 rings (SSSR count). The summed E-state index contributed by atoms with van der Waals surface area (Å²) in [5.74, 6) is -0.574. The topological polar surface area (TPSA) is 82.8 Å². The van der Waals surface area contributed by atoms with Crippen molar-refractivity contribution < 1.29 is 23.5 Å². The molecule has 156 valence electrons. The van der Waals surface area contributed by atoms with Gasteiger partial charge in [0.05, 0.1) is 29.2 Å². The fraction of sp³-hybridized carbons (Fsp3) is 0.261. The minimum absolute atomic E-state index is 0.0284. The predicted octanol–water partition coefficient (Wildman–Crippen LogP) is 4.71. The Balaban J connectivity index is 1.82. The van der Waals surface area contributed by atoms with E-state index in [1.807, 2.05) is 19.1 Å². The maximum absolute atomic E-state index is 12.5. The van der Waals surface area contributed by atoms with Crippen LogP contribution in [-0.4, -0.2) is 25.0 Å². The van der Waals surface area contributed by atoms with Crippen LogP contribution in [0, 0.1) is 6.92 Å². The van der Waals surface area contributed by atoms with Gasteiger partial charge in [-0.25, -0.2) is 4.79 Å². The van der Waals surface area contributed by atoms with Crippen LogP contribution in [0.1, 0.15) is 25.3 Å². The molecule has 0 saturated carbocycles. The zero-order chi connectivity index (χ0) is 21.7. The van der Waals surface area contributed by atoms with Crippen LogP contribution in [0.3, 0.4) is 0 Å². The Labute approximate surface area is 178 Å². The molecule has 0 saturated heterocycles. The number of aryl methyl sites for hydroxylation is 1. The number of para-hydroxylation sites is 1. The second kappa shape index (κ2) is 9.59. The molecule has 0 unspecified atom stereocenters. The van der Waals surface area contributed by atoms with Crippen LogP contribution in [-0.2, 0) is 14.3 Å². The number of halogens is 1. The summed E-state index contributed by atoms with van der Waals surface area (Å²) in [4.78, 5) is 35.6. The van der Waals surface area contributed by atoms with Crippen LogP contribution in [0.2, 0.25) is 5.02 Å². The van der Waals surface area contributed by atoms with Crippen molar-refractivity contribution in [2.45, 2.75) is 26.7 Å². The number of carbonyl (C=O) groups is 2. The van der Waals surface area contributed by atoms with E-state index < -0.39 is 11.8 Å². The lowest BCUT2D eigenvalue weighted by Crippen LogP contribution is -2.17. The first-order chi connectivity index (χ1) is 14.4. The van der Waals surface area contributed by atoms with E-state index in [9.17, 15) is 14.4 Å². The summed E-state index contributed by atoms with van der Waals surface area (Å²) in [6, 6.07) is 11.9. The molecule has 0 atom stereocenters. The first-order valence-corrected chi connectivity index (χ1v) is 9.94. The highest BCUT2D eigenvalue weighted by molar-refractivity contribution is 6.34. The lowest BCUT2D eigenvalue weighted by Gasteiger charge is -2.12. The third-order valence-electron chi connectivity index (χ3n) is 4.42. The van der Waals surface area contributed by atoms with E-state index in [0.29, 0.717) is 39.5 Å². The van der Waals surface area contributed by atoms with Gasteiger partial charge in [-0.2, -0.15) is 0 Å². The lowest BCUT2D eigenvalue weighted by molar-refractivity contribution is -0.153. The van der Waals surface area contributed by atoms with Gasteiger partial charge in [-0.1, -0.05) is 23.7 Å². The summed E-state index contributed by atoms with van der Waals surface area (Å²) in [5, 5.41) is 0.747. The van der Waals surface area contributed by atoms with Crippen LogP contribution in [0.25, 0.3) is 22.3 Å². The highest BCUT2D eigenvalue weighted by atomic mass is 35.5. The molecule has 0 spiro atoms. The van der Waals surface area contributed by atoms with E-state index in [4.69, 9.17) is 20.8 Å². The number of Topliss-reactive ketones (excluding diaryl/α,β-unsaturated/α-hetero) is 1. The van der Waals surface area contributed by atoms with Crippen molar-refractivity contribution in [3.63, 3.8) is 0 Å². The highest BCUT2D eigenvalue weighted by Gasteiger charge is 2.16. The number of rotatable bonds is 8. The monoisotopic (exact) mass is 428 g/mol. The fourth-order valence-corrected chi connectivity index (χ4v) is 3.17. The van der Waals surface area contributed by atoms with Crippen molar-refractivity contribution in [1.29, 1.82) is 0 Å². The van der Waals surface area contributed by atoms with E-state index in [0.717, 1.165) is 5.56 Å². The summed E-state index contributed by atoms with van der Waals surface area (Å²) >= 11 is 6.20. The van der Waals surface area contributed by atoms with E-state index in [1.165, 1.54) is 6.07 Å². The Bertz CT molecular complexity index is 1150. The first kappa shape index (κ1) is 21.6. The zero-order valence-corrected chi connectivity index (χ0v) is 17.5. The van der Waals surface area contributed by atoms with Crippen molar-refractivity contribution in [1.82, 2.24) is 0 Å². The molecule has 0 amide bonds. The van der Waals surface area contributed by atoms with Crippen LogP contribution in [0.5, 0.6) is 5.75 Å². The Morgan fingerprint density at radius 2 is 1.93 bits per heavy atom. The van der Waals surface area contributed by atoms with Gasteiger partial charge in [0.2, 0.25) is 5.78 Å². The zero-order valence-electron chi connectivity index (χ0n) is 16.7. The molecule has 0 aliphatic carbocycles. The van der Waals surface area contributed by atoms with Crippen LogP contribution < -0.4 is 10.2 Å². The smallest absolute Gasteiger partial charge is 0.374 e. The van der Waals surface area contributed by atoms with Gasteiger partial charge in [0.1, 0.15) is 11.5 Å². The Morgan fingerprint density at radius 3 is 2.70 bits per heavy atom. The van der Waals surface area contributed by atoms with Gasteiger partial charge in [-0.3, -0.25) is 9.59 Å². The first-order valence-electron chi connectivity index (χ1n) is 9.57. The number of benzene rings is 2. The average Bonchev–Trinajstić information content (AvgIpc) is 2.72. The molecule has 30 heavy (non-hydrogen) atoms. The highest BCUT2D eigenvalue weighted by Crippen LogP contribution is 2.33. The van der Waals surface area contributed by atoms with Gasteiger partial charge in [-0.15, -0.1) is 0 Å². The SMILES string of the molecule is CCOC(=O)C(=O)CCCOc1cc(C)ccc1-c1cc(=O)c2cccc(Cl)c2o1. The number of hydrogen-bond donors (Lipinski definition) is 0. The van der Waals surface area contributed by atoms with Gasteiger partial charge in [0.15, 0.2) is 11.0 Å². The van der Waals surface area contributed by atoms with Crippen molar-refractivity contribution in [2.75, 3.05) is 13.2 Å². The molecule has 3 aromatic rings. The molecule has 1 aromatic heterocycles. The summed E-state index contributed by atoms with van der Waals surface area (Å²) in [7, 11) is 0. The quantitative estimate of drug-likeness (QED) is 0.293. The maximum Gasteiger partial charge on any atom is 0.374 e. The summed E-state index contributed by atoms with van der Waals surface area (Å²) in [5.41, 5.74) is 1.65. The van der Waals surface area contributed by atoms with Gasteiger partial charge >= 0.3 is 5.97 Å². The molecule has 0 bridgehead atoms. The molecule has 0 fully saturated rings. The van der Waals surface area contributed by atoms with Gasteiger partial charge in [0.25, 0.3) is 0 Å². The number of carbonyl (C=O) groups excluding carboxylic acids is 2. The Morgan fingerprint density at radius 1 is 1.13 bits per heavy atom. The molecular weight excluding hydrogens is 408 g/mol. The van der Waals surface area contributed by atoms with Crippen LogP contribution in [0.4, 0.5) is 0 Å². The van der Waals surface area contributed by atoms with Crippen LogP contribution in [0.15, 0.2) is 51.7 Å². The molecular formula is C23H21ClO6. The molecule has 6 nitrogen and oxygen atoms in total. The third-order valence-corrected chi connectivity index (χ3v) is 4.72. The Hall–Kier alpha value is -3.12. The molecule has 0 N–H and O–H groups in total. The van der Waals surface area contributed by atoms with Crippen LogP contribution >= 0.6 is 11.6 Å². The maximum atomic E-state index is 12.5. The lowest BCUT2D eigenvalue weighted by atomic mass is 10.1. The molecule has 0 aliphatic rings. The molecule has 0 aliphatic heterocycles. The molecule has 2 aromatic carbocycles. The van der Waals surface area contributed by atoms with Crippen molar-refractivity contribution in [2.24, 2.45) is 0 Å². The summed E-state index contributed by atoms with van der Waals surface area (Å²) in [6.07, 6.45) is 0.374. The molecule has 0 radical (unpaired) electrons. The predicted molar refractivity (Wildman–Crippen MR) is 114 cm³/mol. The summed E-state index contributed by atoms with van der Waals surface area (Å²) < 4.78 is 16.4. The Kier molecular flexibility index (Phi) is 6.90. The van der Waals surface area contributed by atoms with Gasteiger partial charge in [-0.05, 0) is 50.1 Å². The largest absolute Gasteiger partial charge is 0.493 e. The number of hydrogen-bond acceptors (Lipinski definition) is 6. The third kappa shape index (κ3) is 4.89. The van der Waals surface area contributed by atoms with Gasteiger partial charge < -0.3 is 13.9 Å². The van der Waals surface area contributed by atoms with Crippen molar-refractivity contribution in [3.8, 4) is 17.1 Å².